The number of nitrogens with zero attached hydrogens (tertiary/aromatic N) is 2. The van der Waals surface area contributed by atoms with Crippen molar-refractivity contribution < 1.29 is 13.2 Å². The molecule has 0 bridgehead atoms. The van der Waals surface area contributed by atoms with Crippen molar-refractivity contribution in [2.75, 3.05) is 5.32 Å². The molecule has 4 N–H and O–H groups in total. The Morgan fingerprint density at radius 1 is 1.28 bits per heavy atom. The maximum Gasteiger partial charge on any atom is 0.267 e. The quantitative estimate of drug-likeness (QED) is 0.518. The van der Waals surface area contributed by atoms with Crippen LogP contribution in [0.4, 0.5) is 5.69 Å². The SMILES string of the molecule is N#C/C(=C/NCc1cccnc1)C(=O)Nc1ccc(S(N)(=O)=O)cc1. The average Bonchev–Trinajstić information content (AvgIpc) is 2.59. The molecule has 0 atom stereocenters. The number of rotatable bonds is 6. The molecule has 1 aromatic heterocycles. The van der Waals surface area contributed by atoms with Crippen molar-refractivity contribution in [1.29, 1.82) is 5.26 Å². The van der Waals surface area contributed by atoms with Gasteiger partial charge in [-0.2, -0.15) is 5.26 Å². The molecule has 2 rings (SSSR count). The van der Waals surface area contributed by atoms with Crippen molar-refractivity contribution >= 4 is 21.6 Å². The van der Waals surface area contributed by atoms with E-state index in [2.05, 4.69) is 15.6 Å². The van der Waals surface area contributed by atoms with E-state index in [1.807, 2.05) is 6.07 Å². The van der Waals surface area contributed by atoms with Gasteiger partial charge in [-0.25, -0.2) is 13.6 Å². The molecule has 0 radical (unpaired) electrons. The summed E-state index contributed by atoms with van der Waals surface area (Å²) >= 11 is 0. The summed E-state index contributed by atoms with van der Waals surface area (Å²) in [5.41, 5.74) is 1.11. The first-order valence-corrected chi connectivity index (χ1v) is 8.61. The second-order valence-electron chi connectivity index (χ2n) is 4.94. The summed E-state index contributed by atoms with van der Waals surface area (Å²) in [7, 11) is -3.80. The van der Waals surface area contributed by atoms with Crippen LogP contribution in [-0.4, -0.2) is 19.3 Å². The monoisotopic (exact) mass is 357 g/mol. The number of hydrogen-bond acceptors (Lipinski definition) is 6. The first-order valence-electron chi connectivity index (χ1n) is 7.07. The molecule has 0 saturated heterocycles. The van der Waals surface area contributed by atoms with Crippen LogP contribution < -0.4 is 15.8 Å². The van der Waals surface area contributed by atoms with Crippen LogP contribution >= 0.6 is 0 Å². The number of nitrogens with one attached hydrogen (secondary N) is 2. The molecule has 128 valence electrons. The Bertz CT molecular complexity index is 916. The summed E-state index contributed by atoms with van der Waals surface area (Å²) in [6.45, 7) is 0.412. The van der Waals surface area contributed by atoms with E-state index in [-0.39, 0.29) is 10.5 Å². The molecule has 1 aromatic carbocycles. The number of pyridine rings is 1. The highest BCUT2D eigenvalue weighted by atomic mass is 32.2. The minimum Gasteiger partial charge on any atom is -0.386 e. The topological polar surface area (TPSA) is 138 Å². The van der Waals surface area contributed by atoms with Crippen molar-refractivity contribution in [2.24, 2.45) is 5.14 Å². The fourth-order valence-corrected chi connectivity index (χ4v) is 2.36. The molecule has 9 heteroatoms. The van der Waals surface area contributed by atoms with E-state index in [1.165, 1.54) is 30.5 Å². The van der Waals surface area contributed by atoms with Gasteiger partial charge in [-0.3, -0.25) is 9.78 Å². The van der Waals surface area contributed by atoms with Crippen molar-refractivity contribution in [3.63, 3.8) is 0 Å². The number of anilines is 1. The van der Waals surface area contributed by atoms with E-state index in [4.69, 9.17) is 10.4 Å². The number of primary sulfonamides is 1. The van der Waals surface area contributed by atoms with Crippen molar-refractivity contribution in [3.05, 3.63) is 66.1 Å². The third-order valence-corrected chi connectivity index (χ3v) is 4.01. The summed E-state index contributed by atoms with van der Waals surface area (Å²) in [4.78, 5) is 16.0. The maximum absolute atomic E-state index is 12.1. The number of carbonyl (C=O) groups is 1. The third-order valence-electron chi connectivity index (χ3n) is 3.08. The van der Waals surface area contributed by atoms with E-state index in [9.17, 15) is 13.2 Å². The summed E-state index contributed by atoms with van der Waals surface area (Å²) in [5, 5.41) is 19.5. The van der Waals surface area contributed by atoms with Crippen LogP contribution in [-0.2, 0) is 21.4 Å². The van der Waals surface area contributed by atoms with Crippen molar-refractivity contribution in [2.45, 2.75) is 11.4 Å². The molecule has 0 unspecified atom stereocenters. The number of nitrogens with two attached hydrogens (primary N) is 1. The molecule has 0 spiro atoms. The fraction of sp³-hybridized carbons (Fsp3) is 0.0625. The first kappa shape index (κ1) is 18.1. The molecule has 1 heterocycles. The lowest BCUT2D eigenvalue weighted by molar-refractivity contribution is -0.112. The molecule has 0 aliphatic carbocycles. The lowest BCUT2D eigenvalue weighted by Crippen LogP contribution is -2.17. The Kier molecular flexibility index (Phi) is 5.84. The summed E-state index contributed by atoms with van der Waals surface area (Å²) in [5.74, 6) is -0.621. The normalized spacial score (nSPS) is 11.4. The van der Waals surface area contributed by atoms with Gasteiger partial charge in [0.15, 0.2) is 0 Å². The standard InChI is InChI=1S/C16H15N5O3S/c17-8-13(11-20-10-12-2-1-7-19-9-12)16(22)21-14-3-5-15(6-4-14)25(18,23)24/h1-7,9,11,20H,10H2,(H,21,22)(H2,18,23,24)/b13-11-. The minimum absolute atomic E-state index is 0.0697. The zero-order valence-electron chi connectivity index (χ0n) is 13.0. The summed E-state index contributed by atoms with van der Waals surface area (Å²) in [6.07, 6.45) is 4.62. The van der Waals surface area contributed by atoms with E-state index >= 15 is 0 Å². The Balaban J connectivity index is 2.00. The Morgan fingerprint density at radius 3 is 2.56 bits per heavy atom. The van der Waals surface area contributed by atoms with Gasteiger partial charge in [0.1, 0.15) is 11.6 Å². The van der Waals surface area contributed by atoms with Crippen molar-refractivity contribution in [1.82, 2.24) is 10.3 Å². The zero-order valence-corrected chi connectivity index (χ0v) is 13.8. The summed E-state index contributed by atoms with van der Waals surface area (Å²) in [6, 6.07) is 10.7. The largest absolute Gasteiger partial charge is 0.386 e. The van der Waals surface area contributed by atoms with Gasteiger partial charge >= 0.3 is 0 Å². The molecule has 0 fully saturated rings. The van der Waals surface area contributed by atoms with Crippen LogP contribution in [0.15, 0.2) is 65.5 Å². The van der Waals surface area contributed by atoms with Gasteiger partial charge < -0.3 is 10.6 Å². The number of sulfonamides is 1. The lowest BCUT2D eigenvalue weighted by atomic mass is 10.2. The Hall–Kier alpha value is -3.22. The predicted molar refractivity (Wildman–Crippen MR) is 91.2 cm³/mol. The highest BCUT2D eigenvalue weighted by Gasteiger charge is 2.11. The molecule has 0 saturated carbocycles. The molecule has 2 aromatic rings. The van der Waals surface area contributed by atoms with Gasteiger partial charge in [0.25, 0.3) is 5.91 Å². The average molecular weight is 357 g/mol. The highest BCUT2D eigenvalue weighted by molar-refractivity contribution is 7.89. The van der Waals surface area contributed by atoms with E-state index in [1.54, 1.807) is 24.5 Å². The van der Waals surface area contributed by atoms with E-state index < -0.39 is 15.9 Å². The number of carbonyl (C=O) groups excluding carboxylic acids is 1. The molecule has 0 aliphatic rings. The van der Waals surface area contributed by atoms with Crippen LogP contribution in [0, 0.1) is 11.3 Å². The number of hydrogen-bond donors (Lipinski definition) is 3. The predicted octanol–water partition coefficient (Wildman–Crippen LogP) is 0.865. The number of amides is 1. The van der Waals surface area contributed by atoms with Crippen LogP contribution in [0.3, 0.4) is 0 Å². The van der Waals surface area contributed by atoms with Crippen LogP contribution in [0.25, 0.3) is 0 Å². The zero-order chi connectivity index (χ0) is 18.3. The Morgan fingerprint density at radius 2 is 2.00 bits per heavy atom. The van der Waals surface area contributed by atoms with E-state index in [0.717, 1.165) is 5.56 Å². The molecular weight excluding hydrogens is 342 g/mol. The fourth-order valence-electron chi connectivity index (χ4n) is 1.85. The molecule has 25 heavy (non-hydrogen) atoms. The van der Waals surface area contributed by atoms with Gasteiger partial charge in [-0.05, 0) is 35.9 Å². The Labute approximate surface area is 145 Å². The number of nitriles is 1. The summed E-state index contributed by atoms with van der Waals surface area (Å²) < 4.78 is 22.4. The van der Waals surface area contributed by atoms with Gasteiger partial charge in [-0.15, -0.1) is 0 Å². The van der Waals surface area contributed by atoms with Gasteiger partial charge in [0.2, 0.25) is 10.0 Å². The van der Waals surface area contributed by atoms with Crippen molar-refractivity contribution in [3.8, 4) is 6.07 Å². The minimum atomic E-state index is -3.80. The van der Waals surface area contributed by atoms with E-state index in [0.29, 0.717) is 12.2 Å². The van der Waals surface area contributed by atoms with Crippen LogP contribution in [0.2, 0.25) is 0 Å². The second-order valence-corrected chi connectivity index (χ2v) is 6.50. The molecular formula is C16H15N5O3S. The van der Waals surface area contributed by atoms with Crippen LogP contribution in [0.1, 0.15) is 5.56 Å². The third kappa shape index (κ3) is 5.42. The smallest absolute Gasteiger partial charge is 0.267 e. The molecule has 8 nitrogen and oxygen atoms in total. The first-order chi connectivity index (χ1) is 11.9. The molecule has 0 aliphatic heterocycles. The molecule has 1 amide bonds. The van der Waals surface area contributed by atoms with Gasteiger partial charge in [0, 0.05) is 30.8 Å². The van der Waals surface area contributed by atoms with Gasteiger partial charge in [-0.1, -0.05) is 6.07 Å². The van der Waals surface area contributed by atoms with Gasteiger partial charge in [0.05, 0.1) is 4.90 Å². The van der Waals surface area contributed by atoms with Crippen LogP contribution in [0.5, 0.6) is 0 Å². The second kappa shape index (κ2) is 8.05. The number of aromatic nitrogens is 1. The lowest BCUT2D eigenvalue weighted by Gasteiger charge is -2.06. The number of benzene rings is 1. The maximum atomic E-state index is 12.1. The highest BCUT2D eigenvalue weighted by Crippen LogP contribution is 2.13.